The maximum atomic E-state index is 11.2. The third kappa shape index (κ3) is 3.86. The second-order valence-corrected chi connectivity index (χ2v) is 7.99. The summed E-state index contributed by atoms with van der Waals surface area (Å²) in [7, 11) is 0. The van der Waals surface area contributed by atoms with E-state index in [1.807, 2.05) is 36.6 Å². The maximum Gasteiger partial charge on any atom is 0.273 e. The second kappa shape index (κ2) is 7.55. The van der Waals surface area contributed by atoms with Gasteiger partial charge in [-0.15, -0.1) is 21.5 Å². The van der Waals surface area contributed by atoms with E-state index in [9.17, 15) is 10.1 Å². The number of hydrogen-bond acceptors (Lipinski definition) is 6. The van der Waals surface area contributed by atoms with Crippen molar-refractivity contribution in [2.24, 2.45) is 0 Å². The Morgan fingerprint density at radius 2 is 2.12 bits per heavy atom. The van der Waals surface area contributed by atoms with Crippen LogP contribution in [0.5, 0.6) is 0 Å². The van der Waals surface area contributed by atoms with E-state index in [0.717, 1.165) is 21.4 Å². The summed E-state index contributed by atoms with van der Waals surface area (Å²) in [5.41, 5.74) is 1.80. The van der Waals surface area contributed by atoms with Gasteiger partial charge in [0.15, 0.2) is 11.0 Å². The number of thioether (sulfide) groups is 1. The fourth-order valence-electron chi connectivity index (χ4n) is 2.45. The van der Waals surface area contributed by atoms with Crippen LogP contribution in [0.15, 0.2) is 35.5 Å². The zero-order valence-electron chi connectivity index (χ0n) is 13.6. The number of halogens is 1. The highest BCUT2D eigenvalue weighted by atomic mass is 35.5. The van der Waals surface area contributed by atoms with Crippen molar-refractivity contribution in [3.8, 4) is 10.7 Å². The standard InChI is InChI=1S/C16H15ClN4O2S2/c1-3-20-15(13-6-7-14(17)25-13)18-19-16(20)24-9-11-8-10(2)4-5-12(11)21(22)23/h4-8H,3,9H2,1-2H3. The Morgan fingerprint density at radius 1 is 1.32 bits per heavy atom. The molecule has 0 unspecified atom stereocenters. The lowest BCUT2D eigenvalue weighted by atomic mass is 10.1. The molecule has 130 valence electrons. The van der Waals surface area contributed by atoms with E-state index in [0.29, 0.717) is 22.2 Å². The van der Waals surface area contributed by atoms with Crippen LogP contribution in [0, 0.1) is 17.0 Å². The molecule has 25 heavy (non-hydrogen) atoms. The van der Waals surface area contributed by atoms with Crippen LogP contribution in [0.1, 0.15) is 18.1 Å². The minimum absolute atomic E-state index is 0.130. The molecule has 0 N–H and O–H groups in total. The minimum Gasteiger partial charge on any atom is -0.302 e. The summed E-state index contributed by atoms with van der Waals surface area (Å²) >= 11 is 8.90. The average molecular weight is 395 g/mol. The maximum absolute atomic E-state index is 11.2. The molecule has 0 amide bonds. The number of nitrogens with zero attached hydrogens (tertiary/aromatic N) is 4. The van der Waals surface area contributed by atoms with Crippen molar-refractivity contribution in [1.29, 1.82) is 0 Å². The van der Waals surface area contributed by atoms with E-state index in [4.69, 9.17) is 11.6 Å². The third-order valence-electron chi connectivity index (χ3n) is 3.62. The first-order chi connectivity index (χ1) is 12.0. The lowest BCUT2D eigenvalue weighted by molar-refractivity contribution is -0.385. The normalized spacial score (nSPS) is 11.0. The van der Waals surface area contributed by atoms with Crippen LogP contribution >= 0.6 is 34.7 Å². The van der Waals surface area contributed by atoms with E-state index < -0.39 is 0 Å². The first kappa shape index (κ1) is 17.9. The van der Waals surface area contributed by atoms with E-state index in [1.54, 1.807) is 12.1 Å². The number of hydrogen-bond donors (Lipinski definition) is 0. The van der Waals surface area contributed by atoms with Crippen molar-refractivity contribution in [2.75, 3.05) is 0 Å². The van der Waals surface area contributed by atoms with Gasteiger partial charge in [0.2, 0.25) is 0 Å². The predicted octanol–water partition coefficient (Wildman–Crippen LogP) is 5.19. The summed E-state index contributed by atoms with van der Waals surface area (Å²) in [6.07, 6.45) is 0. The SMILES string of the molecule is CCn1c(SCc2cc(C)ccc2[N+](=O)[O-])nnc1-c1ccc(Cl)s1. The molecule has 3 aromatic rings. The molecule has 0 atom stereocenters. The molecule has 0 saturated carbocycles. The highest BCUT2D eigenvalue weighted by Crippen LogP contribution is 2.33. The minimum atomic E-state index is -0.348. The van der Waals surface area contributed by atoms with Gasteiger partial charge in [-0.25, -0.2) is 0 Å². The molecule has 9 heteroatoms. The van der Waals surface area contributed by atoms with Gasteiger partial charge in [0.25, 0.3) is 5.69 Å². The Balaban J connectivity index is 1.86. The summed E-state index contributed by atoms with van der Waals surface area (Å²) < 4.78 is 2.69. The van der Waals surface area contributed by atoms with Crippen molar-refractivity contribution >= 4 is 40.4 Å². The molecule has 2 aromatic heterocycles. The van der Waals surface area contributed by atoms with Crippen molar-refractivity contribution < 1.29 is 4.92 Å². The van der Waals surface area contributed by atoms with Crippen molar-refractivity contribution in [3.05, 3.63) is 55.9 Å². The smallest absolute Gasteiger partial charge is 0.273 e. The van der Waals surface area contributed by atoms with Gasteiger partial charge in [-0.05, 0) is 32.0 Å². The van der Waals surface area contributed by atoms with Crippen LogP contribution in [-0.2, 0) is 12.3 Å². The highest BCUT2D eigenvalue weighted by Gasteiger charge is 2.18. The number of benzene rings is 1. The van der Waals surface area contributed by atoms with Crippen LogP contribution in [-0.4, -0.2) is 19.7 Å². The number of nitro benzene ring substituents is 1. The quantitative estimate of drug-likeness (QED) is 0.327. The van der Waals surface area contributed by atoms with Gasteiger partial charge in [0.1, 0.15) is 0 Å². The van der Waals surface area contributed by atoms with E-state index in [2.05, 4.69) is 10.2 Å². The fourth-order valence-corrected chi connectivity index (χ4v) is 4.47. The molecule has 0 aliphatic carbocycles. The number of rotatable bonds is 6. The lowest BCUT2D eigenvalue weighted by Gasteiger charge is -2.07. The van der Waals surface area contributed by atoms with Crippen LogP contribution in [0.25, 0.3) is 10.7 Å². The fraction of sp³-hybridized carbons (Fsp3) is 0.250. The highest BCUT2D eigenvalue weighted by molar-refractivity contribution is 7.98. The molecule has 0 radical (unpaired) electrons. The largest absolute Gasteiger partial charge is 0.302 e. The molecular weight excluding hydrogens is 380 g/mol. The van der Waals surface area contributed by atoms with Crippen molar-refractivity contribution in [3.63, 3.8) is 0 Å². The number of nitro groups is 1. The van der Waals surface area contributed by atoms with Gasteiger partial charge in [-0.1, -0.05) is 35.0 Å². The molecule has 0 fully saturated rings. The van der Waals surface area contributed by atoms with Gasteiger partial charge in [-0.2, -0.15) is 0 Å². The van der Waals surface area contributed by atoms with E-state index in [-0.39, 0.29) is 10.6 Å². The van der Waals surface area contributed by atoms with Gasteiger partial charge >= 0.3 is 0 Å². The molecule has 0 spiro atoms. The van der Waals surface area contributed by atoms with Crippen LogP contribution in [0.2, 0.25) is 4.34 Å². The molecule has 2 heterocycles. The topological polar surface area (TPSA) is 73.8 Å². The van der Waals surface area contributed by atoms with Crippen LogP contribution in [0.3, 0.4) is 0 Å². The Bertz CT molecular complexity index is 923. The molecule has 3 rings (SSSR count). The predicted molar refractivity (Wildman–Crippen MR) is 101 cm³/mol. The lowest BCUT2D eigenvalue weighted by Crippen LogP contribution is -2.00. The third-order valence-corrected chi connectivity index (χ3v) is 5.86. The van der Waals surface area contributed by atoms with Crippen LogP contribution in [0.4, 0.5) is 5.69 Å². The summed E-state index contributed by atoms with van der Waals surface area (Å²) in [5.74, 6) is 1.22. The first-order valence-corrected chi connectivity index (χ1v) is 9.73. The molecule has 6 nitrogen and oxygen atoms in total. The summed E-state index contributed by atoms with van der Waals surface area (Å²) in [6.45, 7) is 4.64. The molecule has 0 aliphatic heterocycles. The van der Waals surface area contributed by atoms with Gasteiger partial charge in [-0.3, -0.25) is 10.1 Å². The van der Waals surface area contributed by atoms with Gasteiger partial charge < -0.3 is 4.57 Å². The average Bonchev–Trinajstić information content (AvgIpc) is 3.18. The van der Waals surface area contributed by atoms with E-state index >= 15 is 0 Å². The van der Waals surface area contributed by atoms with E-state index in [1.165, 1.54) is 23.1 Å². The van der Waals surface area contributed by atoms with Gasteiger partial charge in [0, 0.05) is 23.9 Å². The monoisotopic (exact) mass is 394 g/mol. The Kier molecular flexibility index (Phi) is 5.41. The Hall–Kier alpha value is -1.90. The molecule has 0 aliphatic rings. The number of aromatic nitrogens is 3. The van der Waals surface area contributed by atoms with Gasteiger partial charge in [0.05, 0.1) is 14.1 Å². The molecule has 0 bridgehead atoms. The molecular formula is C16H15ClN4O2S2. The Morgan fingerprint density at radius 3 is 2.76 bits per heavy atom. The first-order valence-electron chi connectivity index (χ1n) is 7.55. The zero-order chi connectivity index (χ0) is 18.0. The number of thiophene rings is 1. The van der Waals surface area contributed by atoms with Crippen molar-refractivity contribution in [2.45, 2.75) is 31.3 Å². The zero-order valence-corrected chi connectivity index (χ0v) is 16.0. The number of aryl methyl sites for hydroxylation is 1. The summed E-state index contributed by atoms with van der Waals surface area (Å²) in [4.78, 5) is 11.8. The van der Waals surface area contributed by atoms with Crippen molar-refractivity contribution in [1.82, 2.24) is 14.8 Å². The van der Waals surface area contributed by atoms with Crippen LogP contribution < -0.4 is 0 Å². The molecule has 0 saturated heterocycles. The summed E-state index contributed by atoms with van der Waals surface area (Å²) in [6, 6.07) is 8.90. The Labute approximate surface area is 158 Å². The summed E-state index contributed by atoms with van der Waals surface area (Å²) in [5, 5.41) is 20.5. The second-order valence-electron chi connectivity index (χ2n) is 5.33. The molecule has 1 aromatic carbocycles.